The molecule has 10 heteroatoms. The van der Waals surface area contributed by atoms with E-state index in [9.17, 15) is 22.8 Å². The molecule has 0 aliphatic carbocycles. The van der Waals surface area contributed by atoms with Crippen LogP contribution in [0.1, 0.15) is 24.8 Å². The summed E-state index contributed by atoms with van der Waals surface area (Å²) in [7, 11) is 0. The quantitative estimate of drug-likeness (QED) is 0.727. The molecular weight excluding hydrogens is 391 g/mol. The van der Waals surface area contributed by atoms with Crippen LogP contribution in [0.2, 0.25) is 0 Å². The molecule has 2 aromatic rings. The molecule has 1 aromatic heterocycles. The Morgan fingerprint density at radius 2 is 1.79 bits per heavy atom. The van der Waals surface area contributed by atoms with Crippen molar-refractivity contribution in [3.63, 3.8) is 0 Å². The molecule has 1 aliphatic rings. The van der Waals surface area contributed by atoms with Crippen molar-refractivity contribution in [2.75, 3.05) is 6.54 Å². The molecule has 7 nitrogen and oxygen atoms in total. The van der Waals surface area contributed by atoms with Crippen LogP contribution in [-0.4, -0.2) is 44.2 Å². The second kappa shape index (κ2) is 10.2. The Hall–Kier alpha value is -3.43. The van der Waals surface area contributed by atoms with Crippen molar-refractivity contribution in [3.05, 3.63) is 54.1 Å². The molecule has 0 saturated heterocycles. The SMILES string of the molecule is Fc1cc(-c2cnn(CC3=NCC=C3)c2)cc(C(F)F)c1.O=C(O)CCC(=O)O. The average Bonchev–Trinajstić information content (AvgIpc) is 3.32. The third-order valence-electron chi connectivity index (χ3n) is 3.73. The van der Waals surface area contributed by atoms with Gasteiger partial charge in [0.15, 0.2) is 0 Å². The molecule has 0 unspecified atom stereocenters. The largest absolute Gasteiger partial charge is 0.481 e. The fourth-order valence-corrected chi connectivity index (χ4v) is 2.40. The Morgan fingerprint density at radius 1 is 1.10 bits per heavy atom. The minimum absolute atomic E-state index is 0.296. The standard InChI is InChI=1S/C15H12F3N3.C4H6O4/c16-13-5-10(4-11(6-13)15(17)18)12-7-20-21(8-12)9-14-2-1-3-19-14;5-3(6)1-2-4(7)8/h1-2,4-8,15H,3,9H2;1-2H2,(H,5,6)(H,7,8). The molecule has 0 fully saturated rings. The van der Waals surface area contributed by atoms with Crippen LogP contribution in [0.4, 0.5) is 13.2 Å². The first-order valence-corrected chi connectivity index (χ1v) is 8.49. The first kappa shape index (κ1) is 21.9. The van der Waals surface area contributed by atoms with Gasteiger partial charge in [-0.05, 0) is 29.8 Å². The predicted octanol–water partition coefficient (Wildman–Crippen LogP) is 3.57. The highest BCUT2D eigenvalue weighted by molar-refractivity contribution is 5.96. The van der Waals surface area contributed by atoms with Crippen molar-refractivity contribution < 1.29 is 33.0 Å². The fourth-order valence-electron chi connectivity index (χ4n) is 2.40. The second-order valence-corrected chi connectivity index (χ2v) is 6.02. The minimum Gasteiger partial charge on any atom is -0.481 e. The number of carboxylic acid groups (broad SMARTS) is 2. The molecule has 29 heavy (non-hydrogen) atoms. The summed E-state index contributed by atoms with van der Waals surface area (Å²) >= 11 is 0. The van der Waals surface area contributed by atoms with Crippen LogP contribution in [0.5, 0.6) is 0 Å². The summed E-state index contributed by atoms with van der Waals surface area (Å²) in [6, 6.07) is 3.35. The maximum Gasteiger partial charge on any atom is 0.303 e. The summed E-state index contributed by atoms with van der Waals surface area (Å²) in [6.45, 7) is 1.18. The van der Waals surface area contributed by atoms with Gasteiger partial charge in [-0.2, -0.15) is 5.10 Å². The van der Waals surface area contributed by atoms with E-state index in [2.05, 4.69) is 10.1 Å². The van der Waals surface area contributed by atoms with E-state index in [4.69, 9.17) is 10.2 Å². The number of nitrogens with zero attached hydrogens (tertiary/aromatic N) is 3. The molecule has 0 bridgehead atoms. The van der Waals surface area contributed by atoms with Gasteiger partial charge in [-0.1, -0.05) is 6.08 Å². The van der Waals surface area contributed by atoms with Gasteiger partial charge >= 0.3 is 11.9 Å². The summed E-state index contributed by atoms with van der Waals surface area (Å²) in [5.41, 5.74) is 1.55. The number of rotatable bonds is 7. The van der Waals surface area contributed by atoms with Crippen molar-refractivity contribution in [2.45, 2.75) is 25.8 Å². The smallest absolute Gasteiger partial charge is 0.303 e. The van der Waals surface area contributed by atoms with Gasteiger partial charge in [0.1, 0.15) is 5.82 Å². The lowest BCUT2D eigenvalue weighted by molar-refractivity contribution is -0.143. The lowest BCUT2D eigenvalue weighted by Gasteiger charge is -2.04. The lowest BCUT2D eigenvalue weighted by Crippen LogP contribution is -2.06. The van der Waals surface area contributed by atoms with Gasteiger partial charge in [-0.3, -0.25) is 19.3 Å². The van der Waals surface area contributed by atoms with Crippen LogP contribution in [0.25, 0.3) is 11.1 Å². The highest BCUT2D eigenvalue weighted by Gasteiger charge is 2.12. The highest BCUT2D eigenvalue weighted by atomic mass is 19.3. The molecule has 0 amide bonds. The molecule has 154 valence electrons. The van der Waals surface area contributed by atoms with Gasteiger partial charge < -0.3 is 10.2 Å². The third kappa shape index (κ3) is 7.24. The van der Waals surface area contributed by atoms with Crippen molar-refractivity contribution in [1.29, 1.82) is 0 Å². The summed E-state index contributed by atoms with van der Waals surface area (Å²) in [6.07, 6.45) is 3.79. The van der Waals surface area contributed by atoms with E-state index in [1.165, 1.54) is 18.3 Å². The number of allylic oxidation sites excluding steroid dienone is 1. The number of aromatic nitrogens is 2. The molecular formula is C19H18F3N3O4. The maximum atomic E-state index is 13.4. The van der Waals surface area contributed by atoms with Gasteiger partial charge in [0.05, 0.1) is 37.8 Å². The Morgan fingerprint density at radius 3 is 2.34 bits per heavy atom. The van der Waals surface area contributed by atoms with Crippen molar-refractivity contribution in [1.82, 2.24) is 9.78 Å². The van der Waals surface area contributed by atoms with Crippen molar-refractivity contribution in [3.8, 4) is 11.1 Å². The predicted molar refractivity (Wildman–Crippen MR) is 98.5 cm³/mol. The fraction of sp³-hybridized carbons (Fsp3) is 0.263. The zero-order chi connectivity index (χ0) is 21.4. The molecule has 2 N–H and O–H groups in total. The zero-order valence-corrected chi connectivity index (χ0v) is 15.1. The van der Waals surface area contributed by atoms with Crippen LogP contribution >= 0.6 is 0 Å². The number of hydrogen-bond acceptors (Lipinski definition) is 4. The van der Waals surface area contributed by atoms with Crippen molar-refractivity contribution in [2.24, 2.45) is 4.99 Å². The van der Waals surface area contributed by atoms with Gasteiger partial charge in [-0.25, -0.2) is 13.2 Å². The Bertz CT molecular complexity index is 925. The molecule has 0 saturated carbocycles. The van der Waals surface area contributed by atoms with Crippen LogP contribution in [0.3, 0.4) is 0 Å². The van der Waals surface area contributed by atoms with Gasteiger partial charge in [0, 0.05) is 17.3 Å². The molecule has 1 aliphatic heterocycles. The number of halogens is 3. The zero-order valence-electron chi connectivity index (χ0n) is 15.1. The maximum absolute atomic E-state index is 13.4. The topological polar surface area (TPSA) is 105 Å². The van der Waals surface area contributed by atoms with E-state index >= 15 is 0 Å². The summed E-state index contributed by atoms with van der Waals surface area (Å²) in [5.74, 6) is -2.83. The monoisotopic (exact) mass is 409 g/mol. The van der Waals surface area contributed by atoms with Crippen molar-refractivity contribution >= 4 is 17.7 Å². The molecule has 0 spiro atoms. The van der Waals surface area contributed by atoms with Gasteiger partial charge in [0.2, 0.25) is 0 Å². The van der Waals surface area contributed by atoms with E-state index in [1.54, 1.807) is 10.9 Å². The van der Waals surface area contributed by atoms with E-state index in [0.29, 0.717) is 24.2 Å². The normalized spacial score (nSPS) is 12.5. The van der Waals surface area contributed by atoms with Crippen LogP contribution in [0.15, 0.2) is 47.7 Å². The average molecular weight is 409 g/mol. The number of carbonyl (C=O) groups is 2. The van der Waals surface area contributed by atoms with Crippen LogP contribution < -0.4 is 0 Å². The summed E-state index contributed by atoms with van der Waals surface area (Å²) in [4.78, 5) is 23.5. The number of hydrogen-bond donors (Lipinski definition) is 2. The Labute approximate surface area is 163 Å². The third-order valence-corrected chi connectivity index (χ3v) is 3.73. The molecule has 0 radical (unpaired) electrons. The second-order valence-electron chi connectivity index (χ2n) is 6.02. The van der Waals surface area contributed by atoms with E-state index in [-0.39, 0.29) is 18.4 Å². The van der Waals surface area contributed by atoms with Crippen LogP contribution in [-0.2, 0) is 16.1 Å². The number of aliphatic imine (C=N–C) groups is 1. The Kier molecular flexibility index (Phi) is 7.70. The van der Waals surface area contributed by atoms with E-state index < -0.39 is 24.2 Å². The van der Waals surface area contributed by atoms with E-state index in [0.717, 1.165) is 11.8 Å². The van der Waals surface area contributed by atoms with E-state index in [1.807, 2.05) is 12.2 Å². The van der Waals surface area contributed by atoms with Crippen LogP contribution in [0, 0.1) is 5.82 Å². The minimum atomic E-state index is -2.70. The molecule has 0 atom stereocenters. The number of carboxylic acids is 2. The molecule has 1 aromatic carbocycles. The summed E-state index contributed by atoms with van der Waals surface area (Å²) < 4.78 is 40.5. The first-order valence-electron chi connectivity index (χ1n) is 8.49. The van der Waals surface area contributed by atoms with Gasteiger partial charge in [0.25, 0.3) is 6.43 Å². The number of alkyl halides is 2. The molecule has 2 heterocycles. The highest BCUT2D eigenvalue weighted by Crippen LogP contribution is 2.27. The number of aliphatic carboxylic acids is 2. The summed E-state index contributed by atoms with van der Waals surface area (Å²) in [5, 5.41) is 20.0. The van der Waals surface area contributed by atoms with Gasteiger partial charge in [-0.15, -0.1) is 0 Å². The Balaban J connectivity index is 0.000000321. The lowest BCUT2D eigenvalue weighted by atomic mass is 10.1. The molecule has 3 rings (SSSR count). The first-order chi connectivity index (χ1) is 13.7. The number of benzene rings is 1.